The summed E-state index contributed by atoms with van der Waals surface area (Å²) in [5, 5.41) is 20.6. The van der Waals surface area contributed by atoms with Crippen LogP contribution in [0.2, 0.25) is 0 Å². The predicted molar refractivity (Wildman–Crippen MR) is 76.0 cm³/mol. The second-order valence-corrected chi connectivity index (χ2v) is 4.92. The van der Waals surface area contributed by atoms with Gasteiger partial charge in [-0.3, -0.25) is 14.5 Å². The number of rotatable bonds is 3. The van der Waals surface area contributed by atoms with E-state index in [2.05, 4.69) is 4.74 Å². The second kappa shape index (κ2) is 5.27. The summed E-state index contributed by atoms with van der Waals surface area (Å²) in [5.41, 5.74) is -2.37. The number of carbonyl (C=O) groups excluding carboxylic acids is 3. The third-order valence-corrected chi connectivity index (χ3v) is 3.43. The molecule has 0 bridgehead atoms. The van der Waals surface area contributed by atoms with Crippen molar-refractivity contribution in [2.45, 2.75) is 19.6 Å². The molecular weight excluding hydrogens is 290 g/mol. The molecule has 1 aliphatic heterocycles. The Balaban J connectivity index is 2.68. The lowest BCUT2D eigenvalue weighted by Gasteiger charge is -2.32. The zero-order chi connectivity index (χ0) is 16.7. The molecule has 1 aliphatic rings. The van der Waals surface area contributed by atoms with Gasteiger partial charge in [0.2, 0.25) is 0 Å². The fraction of sp³-hybridized carbons (Fsp3) is 0.267. The van der Waals surface area contributed by atoms with Crippen LogP contribution in [0, 0.1) is 6.92 Å². The quantitative estimate of drug-likeness (QED) is 0.793. The lowest BCUT2D eigenvalue weighted by atomic mass is 10.00. The number of Topliss-reactive ketones (excluding diaryl/α,β-unsaturated/α-hetero) is 1. The molecule has 0 spiro atoms. The minimum atomic E-state index is -2.70. The Morgan fingerprint density at radius 1 is 1.23 bits per heavy atom. The summed E-state index contributed by atoms with van der Waals surface area (Å²) in [5.74, 6) is -4.08. The largest absolute Gasteiger partial charge is 0.503 e. The molecule has 1 aromatic carbocycles. The topological polar surface area (TPSA) is 104 Å². The lowest BCUT2D eigenvalue weighted by Crippen LogP contribution is -2.56. The smallest absolute Gasteiger partial charge is 0.365 e. The average molecular weight is 305 g/mol. The lowest BCUT2D eigenvalue weighted by molar-refractivity contribution is -0.159. The van der Waals surface area contributed by atoms with Gasteiger partial charge in [0, 0.05) is 5.69 Å². The Kier molecular flexibility index (Phi) is 3.76. The Bertz CT molecular complexity index is 690. The highest BCUT2D eigenvalue weighted by Gasteiger charge is 2.59. The molecule has 1 heterocycles. The van der Waals surface area contributed by atoms with Gasteiger partial charge in [0.25, 0.3) is 11.6 Å². The summed E-state index contributed by atoms with van der Waals surface area (Å²) in [6.45, 7) is 2.85. The summed E-state index contributed by atoms with van der Waals surface area (Å²) < 4.78 is 4.51. The van der Waals surface area contributed by atoms with E-state index in [-0.39, 0.29) is 5.69 Å². The van der Waals surface area contributed by atoms with Crippen molar-refractivity contribution in [1.82, 2.24) is 0 Å². The van der Waals surface area contributed by atoms with Gasteiger partial charge in [0.05, 0.1) is 7.11 Å². The Hall–Kier alpha value is -2.67. The zero-order valence-corrected chi connectivity index (χ0v) is 12.3. The van der Waals surface area contributed by atoms with Gasteiger partial charge in [-0.2, -0.15) is 0 Å². The van der Waals surface area contributed by atoms with Crippen LogP contribution < -0.4 is 4.90 Å². The maximum atomic E-state index is 12.2. The molecule has 22 heavy (non-hydrogen) atoms. The number of benzene rings is 1. The molecule has 1 unspecified atom stereocenters. The molecule has 7 heteroatoms. The molecule has 116 valence electrons. The van der Waals surface area contributed by atoms with Crippen molar-refractivity contribution in [1.29, 1.82) is 0 Å². The van der Waals surface area contributed by atoms with E-state index in [4.69, 9.17) is 0 Å². The van der Waals surface area contributed by atoms with Crippen LogP contribution in [0.5, 0.6) is 0 Å². The van der Waals surface area contributed by atoms with Crippen molar-refractivity contribution in [3.05, 3.63) is 41.2 Å². The zero-order valence-electron chi connectivity index (χ0n) is 12.3. The summed E-state index contributed by atoms with van der Waals surface area (Å²) in [4.78, 5) is 36.6. The van der Waals surface area contributed by atoms with Gasteiger partial charge in [-0.1, -0.05) is 17.7 Å². The highest BCUT2D eigenvalue weighted by atomic mass is 16.5. The minimum Gasteiger partial charge on any atom is -0.503 e. The number of aliphatic hydroxyl groups excluding tert-OH is 1. The number of hydrogen-bond acceptors (Lipinski definition) is 6. The number of methoxy groups -OCH3 is 1. The van der Waals surface area contributed by atoms with Gasteiger partial charge in [0.1, 0.15) is 5.57 Å². The molecule has 0 aliphatic carbocycles. The molecular formula is C15H15NO6. The van der Waals surface area contributed by atoms with E-state index in [1.165, 1.54) is 12.1 Å². The molecule has 0 fully saturated rings. The molecule has 0 radical (unpaired) electrons. The molecule has 1 atom stereocenters. The number of amides is 1. The van der Waals surface area contributed by atoms with Crippen molar-refractivity contribution in [3.8, 4) is 0 Å². The van der Waals surface area contributed by atoms with Crippen LogP contribution in [0.4, 0.5) is 5.69 Å². The normalized spacial score (nSPS) is 21.3. The number of aliphatic hydroxyl groups is 2. The first kappa shape index (κ1) is 15.7. The molecule has 2 rings (SSSR count). The molecule has 0 aromatic heterocycles. The Labute approximate surface area is 126 Å². The minimum absolute atomic E-state index is 0.145. The van der Waals surface area contributed by atoms with Crippen LogP contribution in [-0.2, 0) is 19.1 Å². The number of ketones is 1. The maximum Gasteiger partial charge on any atom is 0.365 e. The van der Waals surface area contributed by atoms with Crippen LogP contribution in [0.3, 0.4) is 0 Å². The monoisotopic (exact) mass is 305 g/mol. The molecule has 7 nitrogen and oxygen atoms in total. The number of hydrogen-bond donors (Lipinski definition) is 2. The highest BCUT2D eigenvalue weighted by Crippen LogP contribution is 2.38. The number of anilines is 1. The Morgan fingerprint density at radius 3 is 2.23 bits per heavy atom. The number of ether oxygens (including phenoxy) is 1. The van der Waals surface area contributed by atoms with Crippen molar-refractivity contribution >= 4 is 23.3 Å². The van der Waals surface area contributed by atoms with Gasteiger partial charge < -0.3 is 14.9 Å². The first-order valence-corrected chi connectivity index (χ1v) is 6.41. The van der Waals surface area contributed by atoms with Crippen molar-refractivity contribution in [2.75, 3.05) is 12.0 Å². The van der Waals surface area contributed by atoms with Gasteiger partial charge >= 0.3 is 5.97 Å². The van der Waals surface area contributed by atoms with Crippen LogP contribution in [0.1, 0.15) is 12.5 Å². The van der Waals surface area contributed by atoms with E-state index in [0.717, 1.165) is 19.6 Å². The molecule has 0 saturated carbocycles. The van der Waals surface area contributed by atoms with E-state index in [0.29, 0.717) is 4.90 Å². The number of carbonyl (C=O) groups is 3. The van der Waals surface area contributed by atoms with Crippen molar-refractivity contribution < 1.29 is 29.3 Å². The fourth-order valence-corrected chi connectivity index (χ4v) is 2.38. The fourth-order valence-electron chi connectivity index (χ4n) is 2.38. The van der Waals surface area contributed by atoms with Crippen molar-refractivity contribution in [2.24, 2.45) is 0 Å². The third kappa shape index (κ3) is 2.06. The van der Waals surface area contributed by atoms with E-state index < -0.39 is 34.7 Å². The van der Waals surface area contributed by atoms with Gasteiger partial charge in [-0.15, -0.1) is 0 Å². The first-order chi connectivity index (χ1) is 10.2. The summed E-state index contributed by atoms with van der Waals surface area (Å²) in [7, 11) is 1.01. The number of aryl methyl sites for hydroxylation is 1. The van der Waals surface area contributed by atoms with Crippen LogP contribution in [0.25, 0.3) is 0 Å². The van der Waals surface area contributed by atoms with E-state index in [1.54, 1.807) is 12.1 Å². The molecule has 2 N–H and O–H groups in total. The molecule has 1 aromatic rings. The number of nitrogens with zero attached hydrogens (tertiary/aromatic N) is 1. The van der Waals surface area contributed by atoms with E-state index in [9.17, 15) is 24.6 Å². The Morgan fingerprint density at radius 2 is 1.77 bits per heavy atom. The standard InChI is InChI=1S/C15H15NO6/c1-8-4-6-10(7-5-8)16-13(19)12(18)11(9(2)17)15(16,21)14(20)22-3/h4-7,18,21H,1-3H3. The first-order valence-electron chi connectivity index (χ1n) is 6.41. The molecule has 1 amide bonds. The van der Waals surface area contributed by atoms with Crippen molar-refractivity contribution in [3.63, 3.8) is 0 Å². The maximum absolute atomic E-state index is 12.2. The SMILES string of the molecule is COC(=O)C1(O)C(C(C)=O)=C(O)C(=O)N1c1ccc(C)cc1. The molecule has 0 saturated heterocycles. The van der Waals surface area contributed by atoms with Gasteiger partial charge in [0.15, 0.2) is 11.5 Å². The highest BCUT2D eigenvalue weighted by molar-refractivity contribution is 6.22. The summed E-state index contributed by atoms with van der Waals surface area (Å²) in [6, 6.07) is 6.28. The van der Waals surface area contributed by atoms with Gasteiger partial charge in [-0.25, -0.2) is 4.79 Å². The third-order valence-electron chi connectivity index (χ3n) is 3.43. The van der Waals surface area contributed by atoms with Crippen LogP contribution in [-0.4, -0.2) is 40.7 Å². The second-order valence-electron chi connectivity index (χ2n) is 4.92. The van der Waals surface area contributed by atoms with Gasteiger partial charge in [-0.05, 0) is 26.0 Å². The van der Waals surface area contributed by atoms with E-state index >= 15 is 0 Å². The summed E-state index contributed by atoms with van der Waals surface area (Å²) >= 11 is 0. The predicted octanol–water partition coefficient (Wildman–Crippen LogP) is 0.604. The average Bonchev–Trinajstić information content (AvgIpc) is 2.67. The van der Waals surface area contributed by atoms with Crippen LogP contribution >= 0.6 is 0 Å². The van der Waals surface area contributed by atoms with Crippen LogP contribution in [0.15, 0.2) is 35.6 Å². The van der Waals surface area contributed by atoms with E-state index in [1.807, 2.05) is 6.92 Å². The summed E-state index contributed by atoms with van der Waals surface area (Å²) in [6.07, 6.45) is 0. The number of esters is 1.